The third kappa shape index (κ3) is 5.35. The van der Waals surface area contributed by atoms with E-state index in [4.69, 9.17) is 11.6 Å². The van der Waals surface area contributed by atoms with Crippen LogP contribution in [-0.4, -0.2) is 49.0 Å². The molecule has 0 unspecified atom stereocenters. The smallest absolute Gasteiger partial charge is 0.271 e. The molecule has 1 rings (SSSR count). The van der Waals surface area contributed by atoms with Crippen LogP contribution in [0.1, 0.15) is 30.8 Å². The van der Waals surface area contributed by atoms with E-state index in [9.17, 15) is 4.79 Å². The summed E-state index contributed by atoms with van der Waals surface area (Å²) in [7, 11) is 2.01. The molecule has 0 aliphatic rings. The molecule has 0 radical (unpaired) electrons. The largest absolute Gasteiger partial charge is 0.370 e. The van der Waals surface area contributed by atoms with Crippen molar-refractivity contribution >= 4 is 23.3 Å². The van der Waals surface area contributed by atoms with Crippen molar-refractivity contribution in [3.8, 4) is 0 Å². The minimum Gasteiger partial charge on any atom is -0.370 e. The molecule has 0 atom stereocenters. The molecule has 6 heteroatoms. The summed E-state index contributed by atoms with van der Waals surface area (Å²) in [4.78, 5) is 18.4. The van der Waals surface area contributed by atoms with Gasteiger partial charge in [0.25, 0.3) is 5.91 Å². The number of amides is 1. The number of likely N-dealkylation sites (N-methyl/N-ethyl adjacent to an activating group) is 1. The van der Waals surface area contributed by atoms with Gasteiger partial charge in [0, 0.05) is 19.6 Å². The third-order valence-corrected chi connectivity index (χ3v) is 3.24. The van der Waals surface area contributed by atoms with Gasteiger partial charge in [-0.15, -0.1) is 0 Å². The summed E-state index contributed by atoms with van der Waals surface area (Å²) in [6.45, 7) is 7.29. The first-order valence-corrected chi connectivity index (χ1v) is 7.33. The molecule has 0 aromatic carbocycles. The molecule has 20 heavy (non-hydrogen) atoms. The Labute approximate surface area is 125 Å². The van der Waals surface area contributed by atoms with E-state index < -0.39 is 0 Å². The number of aromatic nitrogens is 1. The van der Waals surface area contributed by atoms with Crippen molar-refractivity contribution in [1.82, 2.24) is 15.2 Å². The Balaban J connectivity index is 2.61. The van der Waals surface area contributed by atoms with Crippen molar-refractivity contribution in [3.05, 3.63) is 22.8 Å². The Morgan fingerprint density at radius 3 is 2.75 bits per heavy atom. The zero-order valence-corrected chi connectivity index (χ0v) is 13.1. The van der Waals surface area contributed by atoms with E-state index in [1.165, 1.54) is 0 Å². The highest BCUT2D eigenvalue weighted by molar-refractivity contribution is 6.33. The molecule has 5 nitrogen and oxygen atoms in total. The Kier molecular flexibility index (Phi) is 7.33. The van der Waals surface area contributed by atoms with Gasteiger partial charge in [0.2, 0.25) is 0 Å². The van der Waals surface area contributed by atoms with Gasteiger partial charge in [0.1, 0.15) is 11.5 Å². The summed E-state index contributed by atoms with van der Waals surface area (Å²) in [5.41, 5.74) is 0.270. The minimum atomic E-state index is -0.236. The summed E-state index contributed by atoms with van der Waals surface area (Å²) in [6.07, 6.45) is 0.995. The van der Waals surface area contributed by atoms with Crippen molar-refractivity contribution < 1.29 is 4.79 Å². The fourth-order valence-electron chi connectivity index (χ4n) is 1.56. The molecule has 0 bridgehead atoms. The average Bonchev–Trinajstić information content (AvgIpc) is 2.45. The quantitative estimate of drug-likeness (QED) is 0.773. The lowest BCUT2D eigenvalue weighted by atomic mass is 10.3. The van der Waals surface area contributed by atoms with Gasteiger partial charge in [0.15, 0.2) is 0 Å². The highest BCUT2D eigenvalue weighted by atomic mass is 35.5. The first-order chi connectivity index (χ1) is 9.58. The lowest BCUT2D eigenvalue weighted by molar-refractivity contribution is 0.0945. The first kappa shape index (κ1) is 16.7. The van der Waals surface area contributed by atoms with Crippen molar-refractivity contribution in [2.45, 2.75) is 20.3 Å². The lowest BCUT2D eigenvalue weighted by Crippen LogP contribution is -2.33. The monoisotopic (exact) mass is 298 g/mol. The maximum atomic E-state index is 12.1. The minimum absolute atomic E-state index is 0.236. The Morgan fingerprint density at radius 2 is 2.10 bits per heavy atom. The third-order valence-electron chi connectivity index (χ3n) is 2.94. The fraction of sp³-hybridized carbons (Fsp3) is 0.571. The number of nitrogens with one attached hydrogen (secondary N) is 2. The molecule has 0 spiro atoms. The SMILES string of the molecule is CCCNc1ccc(Cl)c(C(=O)NCCN(C)CC)n1. The summed E-state index contributed by atoms with van der Waals surface area (Å²) in [6, 6.07) is 3.47. The summed E-state index contributed by atoms with van der Waals surface area (Å²) in [5, 5.41) is 6.34. The van der Waals surface area contributed by atoms with E-state index in [0.717, 1.165) is 26.1 Å². The summed E-state index contributed by atoms with van der Waals surface area (Å²) < 4.78 is 0. The van der Waals surface area contributed by atoms with E-state index >= 15 is 0 Å². The van der Waals surface area contributed by atoms with Crippen LogP contribution in [0.4, 0.5) is 5.82 Å². The van der Waals surface area contributed by atoms with Crippen LogP contribution in [0.2, 0.25) is 5.02 Å². The van der Waals surface area contributed by atoms with Crippen LogP contribution >= 0.6 is 11.6 Å². The number of anilines is 1. The van der Waals surface area contributed by atoms with Crippen molar-refractivity contribution in [3.63, 3.8) is 0 Å². The number of nitrogens with zero attached hydrogens (tertiary/aromatic N) is 2. The molecule has 1 aromatic heterocycles. The molecule has 0 fully saturated rings. The molecule has 0 saturated carbocycles. The van der Waals surface area contributed by atoms with Crippen molar-refractivity contribution in [2.24, 2.45) is 0 Å². The Morgan fingerprint density at radius 1 is 1.35 bits per heavy atom. The average molecular weight is 299 g/mol. The number of halogens is 1. The van der Waals surface area contributed by atoms with E-state index in [2.05, 4.69) is 34.4 Å². The van der Waals surface area contributed by atoms with Crippen LogP contribution in [0.5, 0.6) is 0 Å². The molecule has 1 heterocycles. The van der Waals surface area contributed by atoms with Gasteiger partial charge < -0.3 is 15.5 Å². The van der Waals surface area contributed by atoms with Crippen molar-refractivity contribution in [2.75, 3.05) is 38.5 Å². The summed E-state index contributed by atoms with van der Waals surface area (Å²) in [5.74, 6) is 0.437. The van der Waals surface area contributed by atoms with Gasteiger partial charge in [-0.05, 0) is 32.1 Å². The molecule has 112 valence electrons. The predicted octanol–water partition coefficient (Wildman–Crippen LogP) is 2.24. The second kappa shape index (κ2) is 8.76. The Bertz CT molecular complexity index is 439. The molecule has 1 amide bonds. The van der Waals surface area contributed by atoms with Gasteiger partial charge in [-0.25, -0.2) is 4.98 Å². The van der Waals surface area contributed by atoms with Gasteiger partial charge in [0.05, 0.1) is 5.02 Å². The number of carbonyl (C=O) groups excluding carboxylic acids is 1. The number of hydrogen-bond acceptors (Lipinski definition) is 4. The Hall–Kier alpha value is -1.33. The van der Waals surface area contributed by atoms with Crippen LogP contribution in [0.25, 0.3) is 0 Å². The molecule has 1 aromatic rings. The van der Waals surface area contributed by atoms with Crippen LogP contribution in [-0.2, 0) is 0 Å². The molecule has 0 aliphatic carbocycles. The highest BCUT2D eigenvalue weighted by Crippen LogP contribution is 2.16. The number of carbonyl (C=O) groups is 1. The second-order valence-electron chi connectivity index (χ2n) is 4.61. The van der Waals surface area contributed by atoms with E-state index in [0.29, 0.717) is 17.4 Å². The van der Waals surface area contributed by atoms with E-state index in [1.807, 2.05) is 7.05 Å². The van der Waals surface area contributed by atoms with Crippen LogP contribution in [0.15, 0.2) is 12.1 Å². The zero-order valence-electron chi connectivity index (χ0n) is 12.4. The first-order valence-electron chi connectivity index (χ1n) is 6.95. The van der Waals surface area contributed by atoms with Crippen LogP contribution in [0.3, 0.4) is 0 Å². The van der Waals surface area contributed by atoms with Crippen LogP contribution in [0, 0.1) is 0 Å². The van der Waals surface area contributed by atoms with E-state index in [1.54, 1.807) is 12.1 Å². The number of rotatable bonds is 8. The fourth-order valence-corrected chi connectivity index (χ4v) is 1.75. The van der Waals surface area contributed by atoms with Gasteiger partial charge in [-0.1, -0.05) is 25.4 Å². The maximum Gasteiger partial charge on any atom is 0.271 e. The normalized spacial score (nSPS) is 10.7. The summed E-state index contributed by atoms with van der Waals surface area (Å²) >= 11 is 6.03. The highest BCUT2D eigenvalue weighted by Gasteiger charge is 2.12. The molecule has 0 saturated heterocycles. The van der Waals surface area contributed by atoms with Gasteiger partial charge in [-0.3, -0.25) is 4.79 Å². The van der Waals surface area contributed by atoms with E-state index in [-0.39, 0.29) is 11.6 Å². The molecular formula is C14H23ClN4O. The second-order valence-corrected chi connectivity index (χ2v) is 5.01. The van der Waals surface area contributed by atoms with Gasteiger partial charge >= 0.3 is 0 Å². The standard InChI is InChI=1S/C14H23ClN4O/c1-4-8-16-12-7-6-11(15)13(18-12)14(20)17-9-10-19(3)5-2/h6-7H,4-5,8-10H2,1-3H3,(H,16,18)(H,17,20). The molecule has 0 aliphatic heterocycles. The lowest BCUT2D eigenvalue weighted by Gasteiger charge is -2.14. The van der Waals surface area contributed by atoms with Gasteiger partial charge in [-0.2, -0.15) is 0 Å². The predicted molar refractivity (Wildman–Crippen MR) is 83.5 cm³/mol. The van der Waals surface area contributed by atoms with Crippen molar-refractivity contribution in [1.29, 1.82) is 0 Å². The zero-order chi connectivity index (χ0) is 15.0. The van der Waals surface area contributed by atoms with Crippen LogP contribution < -0.4 is 10.6 Å². The number of pyridine rings is 1. The number of hydrogen-bond donors (Lipinski definition) is 2. The molecule has 2 N–H and O–H groups in total. The molecular weight excluding hydrogens is 276 g/mol. The maximum absolute atomic E-state index is 12.1. The topological polar surface area (TPSA) is 57.3 Å².